The van der Waals surface area contributed by atoms with Crippen LogP contribution in [0, 0.1) is 0 Å². The maximum atomic E-state index is 10.3. The van der Waals surface area contributed by atoms with Gasteiger partial charge in [0.25, 0.3) is 0 Å². The van der Waals surface area contributed by atoms with Crippen LogP contribution in [0.5, 0.6) is 0 Å². The van der Waals surface area contributed by atoms with E-state index in [1.54, 1.807) is 0 Å². The Morgan fingerprint density at radius 3 is 1.12 bits per heavy atom. The zero-order valence-electron chi connectivity index (χ0n) is 22.8. The molecule has 222 valence electrons. The Hall–Kier alpha value is 1.82. The third kappa shape index (κ3) is 11.3. The monoisotopic (exact) mass is 664 g/mol. The Labute approximate surface area is 300 Å². The predicted octanol–water partition coefficient (Wildman–Crippen LogP) is -8.80. The van der Waals surface area contributed by atoms with E-state index in [0.717, 1.165) is 25.7 Å². The van der Waals surface area contributed by atoms with Crippen molar-refractivity contribution < 1.29 is 109 Å². The van der Waals surface area contributed by atoms with Crippen LogP contribution in [-0.2, 0) is 34.7 Å². The van der Waals surface area contributed by atoms with Gasteiger partial charge in [0.2, 0.25) is 0 Å². The molecular weight excluding hydrogens is 626 g/mol. The summed E-state index contributed by atoms with van der Waals surface area (Å²) >= 11 is 20.5. The molecule has 2 aliphatic rings. The van der Waals surface area contributed by atoms with Gasteiger partial charge in [-0.1, -0.05) is 34.3 Å². The van der Waals surface area contributed by atoms with Crippen molar-refractivity contribution in [3.8, 4) is 0 Å². The Bertz CT molecular complexity index is 706. The van der Waals surface area contributed by atoms with E-state index in [2.05, 4.69) is 0 Å². The van der Waals surface area contributed by atoms with Crippen LogP contribution in [0.25, 0.3) is 0 Å². The maximum Gasteiger partial charge on any atom is 1.00 e. The second-order valence-electron chi connectivity index (χ2n) is 9.48. The Morgan fingerprint density at radius 2 is 0.850 bits per heavy atom. The first-order valence-electron chi connectivity index (χ1n) is 12.5. The molecule has 2 rings (SSSR count). The number of hydrogen-bond donors (Lipinski definition) is 8. The third-order valence-corrected chi connectivity index (χ3v) is 7.80. The molecule has 12 nitrogen and oxygen atoms in total. The largest absolute Gasteiger partial charge is 1.00 e. The molecule has 0 aromatic carbocycles. The van der Waals surface area contributed by atoms with Crippen molar-refractivity contribution in [1.29, 1.82) is 0 Å². The number of unbranched alkanes of at least 4 members (excludes halogenated alkanes) is 5. The Kier molecular flexibility index (Phi) is 21.7. The van der Waals surface area contributed by atoms with Crippen LogP contribution in [-0.4, -0.2) is 147 Å². The summed E-state index contributed by atoms with van der Waals surface area (Å²) in [6.45, 7) is -0.354. The minimum absolute atomic E-state index is 0. The standard InChI is InChI=1S/C22H40N2O10S4.2Na/c25-9-11-13(27)15(29)17(31)19(33-11)23(21(35)36)7-5-3-1-2-4-6-8-24(22(37)38)20-18(32)16(30)14(28)12(10-26)34-20;;/h11-20,25-32H,1-10H2,(H,35,36)(H,37,38);;/q;2*+1/p-2/t11-,12-,13-,14-,15+,16+,17-,18-,19?,20?;;/m1../s1. The molecular formula is C22H38N2Na2O10S4. The van der Waals surface area contributed by atoms with Crippen LogP contribution in [0.2, 0.25) is 0 Å². The smallest absolute Gasteiger partial charge is 0.411 e. The van der Waals surface area contributed by atoms with E-state index >= 15 is 0 Å². The number of aliphatic hydroxyl groups is 8. The van der Waals surface area contributed by atoms with Gasteiger partial charge >= 0.3 is 59.1 Å². The molecule has 40 heavy (non-hydrogen) atoms. The van der Waals surface area contributed by atoms with Crippen molar-refractivity contribution in [3.63, 3.8) is 0 Å². The number of thiocarbonyl (C=S) groups is 2. The molecule has 10 atom stereocenters. The average Bonchev–Trinajstić information content (AvgIpc) is 2.88. The van der Waals surface area contributed by atoms with E-state index in [1.807, 2.05) is 0 Å². The molecule has 0 radical (unpaired) electrons. The molecule has 8 N–H and O–H groups in total. The van der Waals surface area contributed by atoms with E-state index in [1.165, 1.54) is 9.80 Å². The summed E-state index contributed by atoms with van der Waals surface area (Å²) in [5.74, 6) is 0. The summed E-state index contributed by atoms with van der Waals surface area (Å²) in [4.78, 5) is 2.94. The fourth-order valence-corrected chi connectivity index (χ4v) is 5.38. The van der Waals surface area contributed by atoms with Crippen molar-refractivity contribution in [2.24, 2.45) is 0 Å². The average molecular weight is 665 g/mol. The molecule has 18 heteroatoms. The minimum atomic E-state index is -1.51. The molecule has 2 unspecified atom stereocenters. The van der Waals surface area contributed by atoms with Crippen LogP contribution < -0.4 is 59.1 Å². The van der Waals surface area contributed by atoms with E-state index in [0.29, 0.717) is 25.9 Å². The normalized spacial score (nSPS) is 33.8. The molecule has 2 saturated heterocycles. The fraction of sp³-hybridized carbons (Fsp3) is 0.909. The summed E-state index contributed by atoms with van der Waals surface area (Å²) < 4.78 is 11.2. The molecule has 2 aliphatic heterocycles. The molecule has 0 aliphatic carbocycles. The minimum Gasteiger partial charge on any atom is -0.411 e. The second-order valence-corrected chi connectivity index (χ2v) is 11.5. The van der Waals surface area contributed by atoms with Crippen molar-refractivity contribution >= 4 is 58.3 Å². The Balaban J connectivity index is 0.00000760. The van der Waals surface area contributed by atoms with E-state index in [4.69, 9.17) is 59.2 Å². The Morgan fingerprint density at radius 1 is 0.550 bits per heavy atom. The summed E-state index contributed by atoms with van der Waals surface area (Å²) in [6.07, 6.45) is -8.41. The molecule has 0 saturated carbocycles. The SMILES string of the molecule is OC[C@H]1OC(N(CCCCCCCCN(C(=S)[S-])C2O[C@H](CO)[C@@H](O)[C@H](O)[C@H]2O)C(=S)[S-])[C@H](O)[C@@H](O)[C@@H]1O.[Na+].[Na+]. The number of nitrogens with zero attached hydrogens (tertiary/aromatic N) is 2. The first kappa shape index (κ1) is 41.8. The van der Waals surface area contributed by atoms with Gasteiger partial charge in [0.05, 0.1) is 13.2 Å². The summed E-state index contributed by atoms with van der Waals surface area (Å²) in [5.41, 5.74) is 0. The van der Waals surface area contributed by atoms with Gasteiger partial charge in [-0.25, -0.2) is 0 Å². The fourth-order valence-electron chi connectivity index (χ4n) is 4.60. The van der Waals surface area contributed by atoms with Gasteiger partial charge in [0.15, 0.2) is 12.5 Å². The van der Waals surface area contributed by atoms with Gasteiger partial charge in [-0.3, -0.25) is 0 Å². The predicted molar refractivity (Wildman–Crippen MR) is 149 cm³/mol. The van der Waals surface area contributed by atoms with Crippen molar-refractivity contribution in [3.05, 3.63) is 0 Å². The third-order valence-electron chi connectivity index (χ3n) is 6.87. The zero-order valence-corrected chi connectivity index (χ0v) is 30.0. The topological polar surface area (TPSA) is 187 Å². The van der Waals surface area contributed by atoms with Crippen LogP contribution in [0.15, 0.2) is 0 Å². The molecule has 0 amide bonds. The molecule has 2 heterocycles. The van der Waals surface area contributed by atoms with Gasteiger partial charge in [0, 0.05) is 13.1 Å². The maximum absolute atomic E-state index is 10.3. The second kappa shape index (κ2) is 20.8. The van der Waals surface area contributed by atoms with Crippen LogP contribution in [0.4, 0.5) is 0 Å². The van der Waals surface area contributed by atoms with Crippen molar-refractivity contribution in [2.45, 2.75) is 99.8 Å². The van der Waals surface area contributed by atoms with Crippen molar-refractivity contribution in [1.82, 2.24) is 9.80 Å². The van der Waals surface area contributed by atoms with E-state index in [-0.39, 0.29) is 67.8 Å². The molecule has 0 bridgehead atoms. The van der Waals surface area contributed by atoms with Gasteiger partial charge in [-0.05, 0) is 12.8 Å². The molecule has 0 spiro atoms. The first-order valence-corrected chi connectivity index (χ1v) is 14.2. The van der Waals surface area contributed by atoms with Gasteiger partial charge in [-0.2, -0.15) is 0 Å². The van der Waals surface area contributed by atoms with E-state index in [9.17, 15) is 40.9 Å². The molecule has 0 aromatic rings. The summed E-state index contributed by atoms with van der Waals surface area (Å²) in [5, 5.41) is 79.5. The van der Waals surface area contributed by atoms with Gasteiger partial charge < -0.3 is 110 Å². The number of ether oxygens (including phenoxy) is 2. The van der Waals surface area contributed by atoms with Crippen molar-refractivity contribution in [2.75, 3.05) is 26.3 Å². The number of rotatable bonds is 13. The number of hydrogen-bond acceptors (Lipinski definition) is 14. The quantitative estimate of drug-likeness (QED) is 0.0401. The van der Waals surface area contributed by atoms with Gasteiger partial charge in [-0.15, -0.1) is 0 Å². The zero-order chi connectivity index (χ0) is 28.6. The first-order chi connectivity index (χ1) is 18.0. The van der Waals surface area contributed by atoms with Crippen LogP contribution in [0.1, 0.15) is 38.5 Å². The summed E-state index contributed by atoms with van der Waals surface area (Å²) in [6, 6.07) is 0. The number of aliphatic hydroxyl groups excluding tert-OH is 8. The van der Waals surface area contributed by atoms with Gasteiger partial charge in [0.1, 0.15) is 48.8 Å². The summed E-state index contributed by atoms with van der Waals surface area (Å²) in [7, 11) is 0. The van der Waals surface area contributed by atoms with E-state index < -0.39 is 74.5 Å². The molecule has 0 aromatic heterocycles. The van der Waals surface area contributed by atoms with Crippen LogP contribution in [0.3, 0.4) is 0 Å². The molecule has 2 fully saturated rings. The van der Waals surface area contributed by atoms with Crippen LogP contribution >= 0.6 is 24.4 Å².